The van der Waals surface area contributed by atoms with Crippen LogP contribution in [0.4, 0.5) is 5.95 Å². The van der Waals surface area contributed by atoms with E-state index in [9.17, 15) is 0 Å². The zero-order valence-electron chi connectivity index (χ0n) is 5.11. The van der Waals surface area contributed by atoms with E-state index in [2.05, 4.69) is 15.6 Å². The molecule has 0 amide bonds. The fourth-order valence-corrected chi connectivity index (χ4v) is 0.711. The average Bonchev–Trinajstić information content (AvgIpc) is 2.59. The number of nitrogens with one attached hydrogen (secondary N) is 2. The van der Waals surface area contributed by atoms with Crippen LogP contribution >= 0.6 is 0 Å². The van der Waals surface area contributed by atoms with E-state index < -0.39 is 0 Å². The quantitative estimate of drug-likeness (QED) is 0.579. The van der Waals surface area contributed by atoms with Gasteiger partial charge in [0.1, 0.15) is 6.26 Å². The molecule has 1 aliphatic rings. The molecule has 0 saturated heterocycles. The Balaban J connectivity index is 2.20. The highest BCUT2D eigenvalue weighted by Gasteiger charge is 2.07. The summed E-state index contributed by atoms with van der Waals surface area (Å²) >= 11 is 0. The molecule has 5 heteroatoms. The van der Waals surface area contributed by atoms with E-state index in [-0.39, 0.29) is 0 Å². The second kappa shape index (κ2) is 2.03. The lowest BCUT2D eigenvalue weighted by atomic mass is 10.8. The van der Waals surface area contributed by atoms with E-state index in [1.807, 2.05) is 0 Å². The molecule has 0 radical (unpaired) electrons. The fourth-order valence-electron chi connectivity index (χ4n) is 0.711. The molecular formula is C5H6N4O. The van der Waals surface area contributed by atoms with Crippen molar-refractivity contribution in [3.8, 4) is 0 Å². The number of aromatic nitrogens is 2. The molecule has 1 aromatic rings. The highest BCUT2D eigenvalue weighted by molar-refractivity contribution is 5.31. The van der Waals surface area contributed by atoms with Gasteiger partial charge in [0.25, 0.3) is 0 Å². The molecule has 52 valence electrons. The number of nitrogens with zero attached hydrogens (tertiary/aromatic N) is 2. The first-order valence-electron chi connectivity index (χ1n) is 2.83. The Morgan fingerprint density at radius 1 is 1.60 bits per heavy atom. The molecule has 1 aliphatic heterocycles. The van der Waals surface area contributed by atoms with Crippen LogP contribution in [0, 0.1) is 0 Å². The molecule has 0 unspecified atom stereocenters. The van der Waals surface area contributed by atoms with Crippen LogP contribution in [0.3, 0.4) is 0 Å². The van der Waals surface area contributed by atoms with E-state index >= 15 is 0 Å². The second-order valence-corrected chi connectivity index (χ2v) is 1.78. The number of hydrazine groups is 1. The number of imidazole rings is 1. The molecular weight excluding hydrogens is 132 g/mol. The molecule has 0 aromatic carbocycles. The van der Waals surface area contributed by atoms with Crippen LogP contribution < -0.4 is 10.6 Å². The van der Waals surface area contributed by atoms with Crippen LogP contribution in [-0.4, -0.2) is 9.97 Å². The topological polar surface area (TPSA) is 53.2 Å². The summed E-state index contributed by atoms with van der Waals surface area (Å²) in [5.74, 6) is 0.703. The summed E-state index contributed by atoms with van der Waals surface area (Å²) < 4.78 is 0. The molecule has 5 nitrogen and oxygen atoms in total. The number of aromatic amines is 1. The van der Waals surface area contributed by atoms with Crippen molar-refractivity contribution in [3.63, 3.8) is 0 Å². The molecule has 2 rings (SSSR count). The molecule has 0 bridgehead atoms. The first-order valence-corrected chi connectivity index (χ1v) is 2.83. The smallest absolute Gasteiger partial charge is 0.224 e. The third-order valence-electron chi connectivity index (χ3n) is 1.14. The highest BCUT2D eigenvalue weighted by Crippen LogP contribution is 2.05. The summed E-state index contributed by atoms with van der Waals surface area (Å²) in [6, 6.07) is 0. The molecule has 0 fully saturated rings. The van der Waals surface area contributed by atoms with Gasteiger partial charge in [0.15, 0.2) is 0 Å². The summed E-state index contributed by atoms with van der Waals surface area (Å²) in [6.45, 7) is 0. The minimum Gasteiger partial charge on any atom is -0.395 e. The van der Waals surface area contributed by atoms with Gasteiger partial charge in [0.05, 0.1) is 6.20 Å². The van der Waals surface area contributed by atoms with Crippen molar-refractivity contribution >= 4 is 5.95 Å². The van der Waals surface area contributed by atoms with Crippen LogP contribution in [0.2, 0.25) is 0 Å². The van der Waals surface area contributed by atoms with Gasteiger partial charge in [0, 0.05) is 12.4 Å². The molecule has 1 aromatic heterocycles. The molecule has 2 N–H and O–H groups in total. The molecule has 0 aliphatic carbocycles. The van der Waals surface area contributed by atoms with Crippen molar-refractivity contribution in [2.24, 2.45) is 0 Å². The lowest BCUT2D eigenvalue weighted by Gasteiger charge is -2.08. The largest absolute Gasteiger partial charge is 0.395 e. The maximum absolute atomic E-state index is 4.72. The van der Waals surface area contributed by atoms with Crippen LogP contribution in [0.1, 0.15) is 0 Å². The van der Waals surface area contributed by atoms with Gasteiger partial charge in [-0.25, -0.2) is 9.99 Å². The minimum atomic E-state index is 0.703. The molecule has 0 saturated carbocycles. The minimum absolute atomic E-state index is 0.703. The molecule has 10 heavy (non-hydrogen) atoms. The first-order chi connectivity index (χ1) is 4.97. The second-order valence-electron chi connectivity index (χ2n) is 1.78. The summed E-state index contributed by atoms with van der Waals surface area (Å²) in [5, 5.41) is 1.62. The Bertz CT molecular complexity index is 230. The van der Waals surface area contributed by atoms with Crippen molar-refractivity contribution in [1.29, 1.82) is 0 Å². The molecule has 0 atom stereocenters. The van der Waals surface area contributed by atoms with E-state index in [4.69, 9.17) is 4.84 Å². The maximum atomic E-state index is 4.72. The van der Waals surface area contributed by atoms with Crippen molar-refractivity contribution in [2.45, 2.75) is 0 Å². The Kier molecular flexibility index (Phi) is 1.08. The third-order valence-corrected chi connectivity index (χ3v) is 1.14. The zero-order chi connectivity index (χ0) is 6.81. The van der Waals surface area contributed by atoms with Gasteiger partial charge in [-0.3, -0.25) is 0 Å². The van der Waals surface area contributed by atoms with E-state index in [1.165, 1.54) is 6.26 Å². The predicted molar refractivity (Wildman–Crippen MR) is 34.4 cm³/mol. The van der Waals surface area contributed by atoms with E-state index in [1.54, 1.807) is 23.6 Å². The van der Waals surface area contributed by atoms with E-state index in [0.717, 1.165) is 0 Å². The van der Waals surface area contributed by atoms with Crippen LogP contribution in [0.25, 0.3) is 0 Å². The normalized spacial score (nSPS) is 15.8. The van der Waals surface area contributed by atoms with Gasteiger partial charge in [-0.05, 0) is 0 Å². The number of rotatable bonds is 1. The van der Waals surface area contributed by atoms with Crippen molar-refractivity contribution in [3.05, 3.63) is 24.9 Å². The Hall–Kier alpha value is -1.49. The van der Waals surface area contributed by atoms with Crippen molar-refractivity contribution in [1.82, 2.24) is 15.6 Å². The van der Waals surface area contributed by atoms with Crippen LogP contribution in [0.15, 0.2) is 24.9 Å². The van der Waals surface area contributed by atoms with Gasteiger partial charge in [0.2, 0.25) is 5.95 Å². The summed E-state index contributed by atoms with van der Waals surface area (Å²) in [5.41, 5.74) is 2.59. The van der Waals surface area contributed by atoms with Crippen molar-refractivity contribution in [2.75, 3.05) is 5.01 Å². The first kappa shape index (κ1) is 5.31. The zero-order valence-corrected chi connectivity index (χ0v) is 5.11. The van der Waals surface area contributed by atoms with Gasteiger partial charge in [-0.2, -0.15) is 0 Å². The van der Waals surface area contributed by atoms with Gasteiger partial charge >= 0.3 is 0 Å². The number of hydrogen-bond donors (Lipinski definition) is 2. The number of hydrogen-bond acceptors (Lipinski definition) is 4. The number of anilines is 1. The number of H-pyrrole nitrogens is 1. The van der Waals surface area contributed by atoms with Gasteiger partial charge in [-0.1, -0.05) is 5.59 Å². The highest BCUT2D eigenvalue weighted by atomic mass is 16.7. The van der Waals surface area contributed by atoms with Crippen LogP contribution in [-0.2, 0) is 4.84 Å². The molecule has 0 spiro atoms. The lowest BCUT2D eigenvalue weighted by Crippen LogP contribution is -2.27. The summed E-state index contributed by atoms with van der Waals surface area (Å²) in [7, 11) is 0. The predicted octanol–water partition coefficient (Wildman–Crippen LogP) is 0.137. The third kappa shape index (κ3) is 0.725. The molecule has 2 heterocycles. The monoisotopic (exact) mass is 138 g/mol. The SMILES string of the molecule is C1=CN(c2ncc[nH]2)NO1. The van der Waals surface area contributed by atoms with Crippen LogP contribution in [0.5, 0.6) is 0 Å². The van der Waals surface area contributed by atoms with E-state index in [0.29, 0.717) is 5.95 Å². The Morgan fingerprint density at radius 3 is 3.20 bits per heavy atom. The summed E-state index contributed by atoms with van der Waals surface area (Å²) in [6.07, 6.45) is 6.66. The van der Waals surface area contributed by atoms with Gasteiger partial charge < -0.3 is 9.82 Å². The maximum Gasteiger partial charge on any atom is 0.224 e. The average molecular weight is 138 g/mol. The van der Waals surface area contributed by atoms with Gasteiger partial charge in [-0.15, -0.1) is 0 Å². The Morgan fingerprint density at radius 2 is 2.60 bits per heavy atom. The summed E-state index contributed by atoms with van der Waals surface area (Å²) in [4.78, 5) is 11.6. The standard InChI is InChI=1S/C5H6N4O/c1-2-7-5(6-1)9-3-4-10-8-9/h1-4,8H,(H,6,7). The Labute approximate surface area is 57.2 Å². The van der Waals surface area contributed by atoms with Crippen molar-refractivity contribution < 1.29 is 4.84 Å². The fraction of sp³-hybridized carbons (Fsp3) is 0. The lowest BCUT2D eigenvalue weighted by molar-refractivity contribution is 0.158.